The molecule has 0 unspecified atom stereocenters. The number of hydrogen-bond donors (Lipinski definition) is 0. The summed E-state index contributed by atoms with van der Waals surface area (Å²) in [5, 5.41) is 0. The minimum absolute atomic E-state index is 0.678. The second kappa shape index (κ2) is 7.59. The van der Waals surface area contributed by atoms with E-state index in [2.05, 4.69) is 25.8 Å². The molecule has 0 saturated heterocycles. The van der Waals surface area contributed by atoms with E-state index in [0.717, 1.165) is 6.42 Å². The molecule has 0 amide bonds. The second-order valence-corrected chi connectivity index (χ2v) is 2.77. The molecule has 1 heterocycles. The Kier molecular flexibility index (Phi) is 6.98. The van der Waals surface area contributed by atoms with E-state index in [0.29, 0.717) is 5.88 Å². The zero-order valence-electron chi connectivity index (χ0n) is 9.00. The Hall–Kier alpha value is -1.05. The fraction of sp³-hybridized carbons (Fsp3) is 0.545. The number of ether oxygens (including phenoxy) is 1. The van der Waals surface area contributed by atoms with Crippen LogP contribution in [-0.4, -0.2) is 12.1 Å². The van der Waals surface area contributed by atoms with Crippen LogP contribution in [0.25, 0.3) is 0 Å². The second-order valence-electron chi connectivity index (χ2n) is 2.77. The van der Waals surface area contributed by atoms with Crippen molar-refractivity contribution in [3.8, 4) is 5.88 Å². The van der Waals surface area contributed by atoms with E-state index in [4.69, 9.17) is 4.74 Å². The third-order valence-electron chi connectivity index (χ3n) is 1.41. The van der Waals surface area contributed by atoms with Crippen molar-refractivity contribution in [3.63, 3.8) is 0 Å². The first-order valence-electron chi connectivity index (χ1n) is 4.77. The molecule has 74 valence electrons. The highest BCUT2D eigenvalue weighted by Crippen LogP contribution is 2.06. The van der Waals surface area contributed by atoms with Crippen LogP contribution in [0.15, 0.2) is 18.3 Å². The highest BCUT2D eigenvalue weighted by molar-refractivity contribution is 5.17. The quantitative estimate of drug-likeness (QED) is 0.699. The normalized spacial score (nSPS) is 8.62. The van der Waals surface area contributed by atoms with Gasteiger partial charge in [0, 0.05) is 12.3 Å². The Morgan fingerprint density at radius 1 is 1.23 bits per heavy atom. The molecule has 0 N–H and O–H groups in total. The maximum atomic E-state index is 4.90. The van der Waals surface area contributed by atoms with Crippen LogP contribution in [0.1, 0.15) is 32.8 Å². The van der Waals surface area contributed by atoms with Gasteiger partial charge in [-0.25, -0.2) is 4.98 Å². The molecule has 2 heteroatoms. The summed E-state index contributed by atoms with van der Waals surface area (Å²) in [7, 11) is 1.62. The lowest BCUT2D eigenvalue weighted by Gasteiger charge is -1.97. The molecule has 0 saturated carbocycles. The van der Waals surface area contributed by atoms with Crippen molar-refractivity contribution in [2.45, 2.75) is 33.6 Å². The van der Waals surface area contributed by atoms with Gasteiger partial charge in [-0.2, -0.15) is 0 Å². The zero-order valence-corrected chi connectivity index (χ0v) is 9.00. The van der Waals surface area contributed by atoms with Crippen molar-refractivity contribution in [1.29, 1.82) is 0 Å². The van der Waals surface area contributed by atoms with Crippen LogP contribution < -0.4 is 4.74 Å². The molecule has 1 aromatic heterocycles. The van der Waals surface area contributed by atoms with Crippen LogP contribution in [0.4, 0.5) is 0 Å². The van der Waals surface area contributed by atoms with Crippen LogP contribution >= 0.6 is 0 Å². The molecule has 0 atom stereocenters. The molecule has 0 aliphatic heterocycles. The number of hydrogen-bond acceptors (Lipinski definition) is 2. The predicted octanol–water partition coefficient (Wildman–Crippen LogP) is 3.07. The van der Waals surface area contributed by atoms with Gasteiger partial charge in [-0.15, -0.1) is 0 Å². The van der Waals surface area contributed by atoms with Crippen LogP contribution in [0.5, 0.6) is 5.88 Å². The summed E-state index contributed by atoms with van der Waals surface area (Å²) >= 11 is 0. The monoisotopic (exact) mass is 181 g/mol. The molecule has 0 radical (unpaired) electrons. The molecule has 13 heavy (non-hydrogen) atoms. The first-order chi connectivity index (χ1) is 6.28. The Labute approximate surface area is 81.0 Å². The van der Waals surface area contributed by atoms with E-state index in [9.17, 15) is 0 Å². The molecule has 2 nitrogen and oxygen atoms in total. The minimum Gasteiger partial charge on any atom is -0.481 e. The number of rotatable bonds is 2. The SMILES string of the molecule is CCC.CCc1ccc(OC)nc1. The fourth-order valence-electron chi connectivity index (χ4n) is 0.741. The predicted molar refractivity (Wildman–Crippen MR) is 56.1 cm³/mol. The summed E-state index contributed by atoms with van der Waals surface area (Å²) in [6, 6.07) is 3.89. The van der Waals surface area contributed by atoms with Crippen LogP contribution in [0, 0.1) is 0 Å². The zero-order chi connectivity index (χ0) is 10.1. The van der Waals surface area contributed by atoms with E-state index in [1.54, 1.807) is 7.11 Å². The van der Waals surface area contributed by atoms with Crippen molar-refractivity contribution in [3.05, 3.63) is 23.9 Å². The van der Waals surface area contributed by atoms with Crippen LogP contribution in [0.2, 0.25) is 0 Å². The number of methoxy groups -OCH3 is 1. The highest BCUT2D eigenvalue weighted by atomic mass is 16.5. The number of aryl methyl sites for hydroxylation is 1. The van der Waals surface area contributed by atoms with Gasteiger partial charge < -0.3 is 4.74 Å². The van der Waals surface area contributed by atoms with Crippen LogP contribution in [0.3, 0.4) is 0 Å². The van der Waals surface area contributed by atoms with Gasteiger partial charge in [-0.3, -0.25) is 0 Å². The van der Waals surface area contributed by atoms with Crippen LogP contribution in [-0.2, 0) is 6.42 Å². The summed E-state index contributed by atoms with van der Waals surface area (Å²) in [5.74, 6) is 0.678. The Morgan fingerprint density at radius 3 is 2.15 bits per heavy atom. The van der Waals surface area contributed by atoms with E-state index in [-0.39, 0.29) is 0 Å². The first kappa shape index (κ1) is 11.9. The van der Waals surface area contributed by atoms with Gasteiger partial charge in [-0.1, -0.05) is 33.3 Å². The summed E-state index contributed by atoms with van der Waals surface area (Å²) in [4.78, 5) is 4.05. The first-order valence-corrected chi connectivity index (χ1v) is 4.77. The maximum Gasteiger partial charge on any atom is 0.212 e. The van der Waals surface area contributed by atoms with E-state index in [1.165, 1.54) is 12.0 Å². The van der Waals surface area contributed by atoms with Gasteiger partial charge in [0.1, 0.15) is 0 Å². The van der Waals surface area contributed by atoms with Gasteiger partial charge in [0.05, 0.1) is 7.11 Å². The smallest absolute Gasteiger partial charge is 0.212 e. The number of aromatic nitrogens is 1. The fourth-order valence-corrected chi connectivity index (χ4v) is 0.741. The standard InChI is InChI=1S/C8H11NO.C3H8/c1-3-7-4-5-8(10-2)9-6-7;1-3-2/h4-6H,3H2,1-2H3;3H2,1-2H3. The molecule has 0 spiro atoms. The van der Waals surface area contributed by atoms with Gasteiger partial charge >= 0.3 is 0 Å². The number of nitrogens with zero attached hydrogens (tertiary/aromatic N) is 1. The van der Waals surface area contributed by atoms with Crippen molar-refractivity contribution < 1.29 is 4.74 Å². The van der Waals surface area contributed by atoms with Gasteiger partial charge in [0.2, 0.25) is 5.88 Å². The minimum atomic E-state index is 0.678. The average molecular weight is 181 g/mol. The molecular formula is C11H19NO. The van der Waals surface area contributed by atoms with Crippen molar-refractivity contribution in [1.82, 2.24) is 4.98 Å². The van der Waals surface area contributed by atoms with Crippen molar-refractivity contribution in [2.24, 2.45) is 0 Å². The molecule has 0 aromatic carbocycles. The maximum absolute atomic E-state index is 4.90. The number of pyridine rings is 1. The van der Waals surface area contributed by atoms with E-state index < -0.39 is 0 Å². The van der Waals surface area contributed by atoms with E-state index in [1.807, 2.05) is 18.3 Å². The lowest BCUT2D eigenvalue weighted by Crippen LogP contribution is -1.87. The Morgan fingerprint density at radius 2 is 1.85 bits per heavy atom. The third-order valence-corrected chi connectivity index (χ3v) is 1.41. The molecular weight excluding hydrogens is 162 g/mol. The average Bonchev–Trinajstić information content (AvgIpc) is 2.19. The van der Waals surface area contributed by atoms with Gasteiger partial charge in [-0.05, 0) is 12.0 Å². The molecule has 0 fully saturated rings. The molecule has 1 aromatic rings. The third kappa shape index (κ3) is 5.23. The summed E-state index contributed by atoms with van der Waals surface area (Å²) in [6.45, 7) is 6.35. The summed E-state index contributed by atoms with van der Waals surface area (Å²) < 4.78 is 4.90. The summed E-state index contributed by atoms with van der Waals surface area (Å²) in [6.07, 6.45) is 4.11. The lowest BCUT2D eigenvalue weighted by atomic mass is 10.2. The molecule has 1 rings (SSSR count). The van der Waals surface area contributed by atoms with Gasteiger partial charge in [0.15, 0.2) is 0 Å². The highest BCUT2D eigenvalue weighted by Gasteiger charge is 1.90. The largest absolute Gasteiger partial charge is 0.481 e. The summed E-state index contributed by atoms with van der Waals surface area (Å²) in [5.41, 5.74) is 1.24. The lowest BCUT2D eigenvalue weighted by molar-refractivity contribution is 0.397. The molecule has 0 aliphatic carbocycles. The van der Waals surface area contributed by atoms with Crippen molar-refractivity contribution in [2.75, 3.05) is 7.11 Å². The Bertz CT molecular complexity index is 183. The molecule has 0 bridgehead atoms. The topological polar surface area (TPSA) is 22.1 Å². The van der Waals surface area contributed by atoms with Crippen molar-refractivity contribution >= 4 is 0 Å². The van der Waals surface area contributed by atoms with Gasteiger partial charge in [0.25, 0.3) is 0 Å². The Balaban J connectivity index is 0.000000424. The molecule has 0 aliphatic rings. The van der Waals surface area contributed by atoms with E-state index >= 15 is 0 Å².